The van der Waals surface area contributed by atoms with Gasteiger partial charge in [-0.3, -0.25) is 19.1 Å². The van der Waals surface area contributed by atoms with E-state index < -0.39 is 15.0 Å². The number of carbonyl (C=O) groups is 1. The van der Waals surface area contributed by atoms with Crippen molar-refractivity contribution in [3.63, 3.8) is 0 Å². The third-order valence-corrected chi connectivity index (χ3v) is 5.52. The van der Waals surface area contributed by atoms with Crippen LogP contribution in [0.2, 0.25) is 0 Å². The molecule has 0 N–H and O–H groups in total. The summed E-state index contributed by atoms with van der Waals surface area (Å²) < 4.78 is 27.3. The second kappa shape index (κ2) is 10.3. The summed E-state index contributed by atoms with van der Waals surface area (Å²) in [7, 11) is -1.62. The summed E-state index contributed by atoms with van der Waals surface area (Å²) in [4.78, 5) is 29.5. The number of hydrogen-bond donors (Lipinski definition) is 0. The highest BCUT2D eigenvalue weighted by Crippen LogP contribution is 2.27. The predicted octanol–water partition coefficient (Wildman–Crippen LogP) is 1.16. The van der Waals surface area contributed by atoms with Crippen LogP contribution < -0.4 is 4.90 Å². The molecule has 0 atom stereocenters. The molecule has 1 saturated heterocycles. The largest absolute Gasteiger partial charge is 0.368 e. The molecule has 0 aromatic heterocycles. The van der Waals surface area contributed by atoms with Gasteiger partial charge in [-0.15, -0.1) is 0 Å². The Morgan fingerprint density at radius 3 is 2.48 bits per heavy atom. The molecule has 1 fully saturated rings. The lowest BCUT2D eigenvalue weighted by Gasteiger charge is -2.34. The third kappa shape index (κ3) is 6.91. The fourth-order valence-corrected chi connectivity index (χ4v) is 3.82. The van der Waals surface area contributed by atoms with Gasteiger partial charge in [0.1, 0.15) is 0 Å². The van der Waals surface area contributed by atoms with Crippen LogP contribution in [0.15, 0.2) is 18.2 Å². The van der Waals surface area contributed by atoms with E-state index in [9.17, 15) is 23.3 Å². The SMILES string of the molecule is CN1CCN(C(=O)c2cc([N+](=O)[O-])ccc2N(CCBr)CCOS(C)(=O)=O)CC1. The van der Waals surface area contributed by atoms with Crippen LogP contribution in [-0.2, 0) is 14.3 Å². The minimum Gasteiger partial charge on any atom is -0.368 e. The number of benzene rings is 1. The van der Waals surface area contributed by atoms with Crippen LogP contribution in [0.1, 0.15) is 10.4 Å². The van der Waals surface area contributed by atoms with E-state index in [1.807, 2.05) is 7.05 Å². The smallest absolute Gasteiger partial charge is 0.270 e. The molecule has 0 spiro atoms. The molecular weight excluding hydrogens is 468 g/mol. The average Bonchev–Trinajstić information content (AvgIpc) is 2.66. The summed E-state index contributed by atoms with van der Waals surface area (Å²) in [6.07, 6.45) is 0.968. The zero-order valence-electron chi connectivity index (χ0n) is 16.4. The monoisotopic (exact) mass is 492 g/mol. The first-order chi connectivity index (χ1) is 13.6. The van der Waals surface area contributed by atoms with Crippen molar-refractivity contribution in [2.75, 3.05) is 69.4 Å². The van der Waals surface area contributed by atoms with Gasteiger partial charge in [0.2, 0.25) is 0 Å². The van der Waals surface area contributed by atoms with Crippen molar-refractivity contribution in [1.29, 1.82) is 0 Å². The Morgan fingerprint density at radius 2 is 1.93 bits per heavy atom. The van der Waals surface area contributed by atoms with Gasteiger partial charge in [0.25, 0.3) is 21.7 Å². The van der Waals surface area contributed by atoms with E-state index >= 15 is 0 Å². The van der Waals surface area contributed by atoms with Crippen molar-refractivity contribution in [3.05, 3.63) is 33.9 Å². The molecule has 0 saturated carbocycles. The number of nitrogens with zero attached hydrogens (tertiary/aromatic N) is 4. The summed E-state index contributed by atoms with van der Waals surface area (Å²) in [5, 5.41) is 11.8. The van der Waals surface area contributed by atoms with Gasteiger partial charge in [-0.2, -0.15) is 8.42 Å². The molecule has 1 aromatic rings. The van der Waals surface area contributed by atoms with Crippen LogP contribution in [-0.4, -0.2) is 93.6 Å². The van der Waals surface area contributed by atoms with Gasteiger partial charge in [0.15, 0.2) is 0 Å². The number of piperazine rings is 1. The topological polar surface area (TPSA) is 113 Å². The molecule has 0 radical (unpaired) electrons. The molecule has 1 aromatic carbocycles. The second-order valence-electron chi connectivity index (χ2n) is 6.76. The lowest BCUT2D eigenvalue weighted by Crippen LogP contribution is -2.47. The van der Waals surface area contributed by atoms with Crippen LogP contribution >= 0.6 is 15.9 Å². The van der Waals surface area contributed by atoms with E-state index in [-0.39, 0.29) is 30.3 Å². The molecule has 1 heterocycles. The highest BCUT2D eigenvalue weighted by Gasteiger charge is 2.26. The van der Waals surface area contributed by atoms with Gasteiger partial charge >= 0.3 is 0 Å². The number of halogens is 1. The molecular formula is C17H25BrN4O6S. The molecule has 1 amide bonds. The average molecular weight is 493 g/mol. The van der Waals surface area contributed by atoms with E-state index in [2.05, 4.69) is 20.8 Å². The Bertz CT molecular complexity index is 842. The van der Waals surface area contributed by atoms with Crippen LogP contribution in [0, 0.1) is 10.1 Å². The normalized spacial score (nSPS) is 15.3. The van der Waals surface area contributed by atoms with Gasteiger partial charge in [0, 0.05) is 56.7 Å². The highest BCUT2D eigenvalue weighted by molar-refractivity contribution is 9.09. The van der Waals surface area contributed by atoms with E-state index in [1.54, 1.807) is 9.80 Å². The maximum atomic E-state index is 13.2. The molecule has 29 heavy (non-hydrogen) atoms. The minimum atomic E-state index is -3.59. The molecule has 0 bridgehead atoms. The predicted molar refractivity (Wildman–Crippen MR) is 113 cm³/mol. The third-order valence-electron chi connectivity index (χ3n) is 4.57. The number of hydrogen-bond acceptors (Lipinski definition) is 8. The second-order valence-corrected chi connectivity index (χ2v) is 9.19. The van der Waals surface area contributed by atoms with Crippen molar-refractivity contribution in [1.82, 2.24) is 9.80 Å². The fourth-order valence-electron chi connectivity index (χ4n) is 3.02. The number of alkyl halides is 1. The van der Waals surface area contributed by atoms with Crippen LogP contribution in [0.3, 0.4) is 0 Å². The van der Waals surface area contributed by atoms with Gasteiger partial charge < -0.3 is 14.7 Å². The summed E-state index contributed by atoms with van der Waals surface area (Å²) in [6.45, 7) is 3.10. The van der Waals surface area contributed by atoms with Crippen LogP contribution in [0.25, 0.3) is 0 Å². The Hall–Kier alpha value is -1.76. The molecule has 0 unspecified atom stereocenters. The van der Waals surface area contributed by atoms with Crippen molar-refractivity contribution in [3.8, 4) is 0 Å². The summed E-state index contributed by atoms with van der Waals surface area (Å²) in [6, 6.07) is 4.16. The first-order valence-corrected chi connectivity index (χ1v) is 12.0. The lowest BCUT2D eigenvalue weighted by molar-refractivity contribution is -0.384. The molecule has 10 nitrogen and oxygen atoms in total. The number of likely N-dealkylation sites (N-methyl/N-ethyl adjacent to an activating group) is 1. The van der Waals surface area contributed by atoms with Gasteiger partial charge in [0.05, 0.1) is 29.0 Å². The summed E-state index contributed by atoms with van der Waals surface area (Å²) >= 11 is 3.35. The highest BCUT2D eigenvalue weighted by atomic mass is 79.9. The number of carbonyl (C=O) groups excluding carboxylic acids is 1. The zero-order chi connectivity index (χ0) is 21.6. The standard InChI is InChI=1S/C17H25BrN4O6S/c1-19-7-9-21(10-8-19)17(23)15-13-14(22(24)25)3-4-16(15)20(6-5-18)11-12-28-29(2,26)27/h3-4,13H,5-12H2,1-2H3. The van der Waals surface area contributed by atoms with Crippen molar-refractivity contribution < 1.29 is 22.3 Å². The van der Waals surface area contributed by atoms with E-state index in [4.69, 9.17) is 4.18 Å². The Kier molecular flexibility index (Phi) is 8.37. The van der Waals surface area contributed by atoms with Gasteiger partial charge in [-0.25, -0.2) is 0 Å². The molecule has 162 valence electrons. The molecule has 0 aliphatic carbocycles. The lowest BCUT2D eigenvalue weighted by atomic mass is 10.1. The van der Waals surface area contributed by atoms with E-state index in [1.165, 1.54) is 18.2 Å². The number of anilines is 1. The van der Waals surface area contributed by atoms with Crippen LogP contribution in [0.5, 0.6) is 0 Å². The van der Waals surface area contributed by atoms with Crippen molar-refractivity contribution >= 4 is 43.3 Å². The van der Waals surface area contributed by atoms with Crippen molar-refractivity contribution in [2.24, 2.45) is 0 Å². The van der Waals surface area contributed by atoms with E-state index in [0.717, 1.165) is 19.3 Å². The minimum absolute atomic E-state index is 0.0923. The number of nitro benzene ring substituents is 1. The first-order valence-electron chi connectivity index (χ1n) is 9.04. The van der Waals surface area contributed by atoms with Gasteiger partial charge in [-0.1, -0.05) is 15.9 Å². The Labute approximate surface area is 178 Å². The molecule has 1 aliphatic rings. The number of non-ortho nitro benzene ring substituents is 1. The number of nitro groups is 1. The maximum absolute atomic E-state index is 13.2. The van der Waals surface area contributed by atoms with Crippen LogP contribution in [0.4, 0.5) is 11.4 Å². The number of rotatable bonds is 9. The van der Waals surface area contributed by atoms with Gasteiger partial charge in [-0.05, 0) is 13.1 Å². The zero-order valence-corrected chi connectivity index (χ0v) is 18.8. The molecule has 1 aliphatic heterocycles. The summed E-state index contributed by atoms with van der Waals surface area (Å²) in [5.41, 5.74) is 0.567. The molecule has 2 rings (SSSR count). The van der Waals surface area contributed by atoms with Crippen molar-refractivity contribution in [2.45, 2.75) is 0 Å². The quantitative estimate of drug-likeness (QED) is 0.218. The molecule has 12 heteroatoms. The first kappa shape index (κ1) is 23.5. The Balaban J connectivity index is 2.34. The number of amides is 1. The fraction of sp³-hybridized carbons (Fsp3) is 0.588. The van der Waals surface area contributed by atoms with E-state index in [0.29, 0.717) is 30.7 Å². The Morgan fingerprint density at radius 1 is 1.28 bits per heavy atom. The maximum Gasteiger partial charge on any atom is 0.270 e. The summed E-state index contributed by atoms with van der Waals surface area (Å²) in [5.74, 6) is -0.277.